The predicted molar refractivity (Wildman–Crippen MR) is 60.9 cm³/mol. The Morgan fingerprint density at radius 2 is 1.86 bits per heavy atom. The second kappa shape index (κ2) is 4.30. The van der Waals surface area contributed by atoms with Gasteiger partial charge in [0.2, 0.25) is 0 Å². The fraction of sp³-hybridized carbons (Fsp3) is 0.0909. The van der Waals surface area contributed by atoms with Crippen LogP contribution in [0.15, 0.2) is 42.7 Å². The Balaban J connectivity index is 2.42. The Morgan fingerprint density at radius 3 is 2.57 bits per heavy atom. The van der Waals surface area contributed by atoms with Gasteiger partial charge in [0.15, 0.2) is 0 Å². The third-order valence-electron chi connectivity index (χ3n) is 1.99. The first-order valence-electron chi connectivity index (χ1n) is 4.46. The van der Waals surface area contributed by atoms with Gasteiger partial charge in [-0.3, -0.25) is 9.97 Å². The maximum Gasteiger partial charge on any atom is 0.0888 e. The van der Waals surface area contributed by atoms with Crippen LogP contribution in [-0.2, 0) is 6.16 Å². The average Bonchev–Trinajstić information content (AvgIpc) is 2.30. The van der Waals surface area contributed by atoms with Crippen LogP contribution in [0.2, 0.25) is 0 Å². The number of hydrogen-bond donors (Lipinski definition) is 0. The molecule has 2 aromatic heterocycles. The van der Waals surface area contributed by atoms with Gasteiger partial charge in [-0.25, -0.2) is 0 Å². The van der Waals surface area contributed by atoms with Gasteiger partial charge in [-0.05, 0) is 36.0 Å². The van der Waals surface area contributed by atoms with Crippen LogP contribution in [0.3, 0.4) is 0 Å². The number of rotatable bonds is 2. The predicted octanol–water partition coefficient (Wildman–Crippen LogP) is 2.52. The summed E-state index contributed by atoms with van der Waals surface area (Å²) >= 11 is 0. The van der Waals surface area contributed by atoms with Crippen molar-refractivity contribution in [3.63, 3.8) is 0 Å². The van der Waals surface area contributed by atoms with E-state index in [0.717, 1.165) is 17.5 Å². The molecule has 0 bridgehead atoms. The third-order valence-corrected chi connectivity index (χ3v) is 2.46. The number of pyridine rings is 2. The maximum atomic E-state index is 4.29. The van der Waals surface area contributed by atoms with Crippen LogP contribution >= 0.6 is 9.24 Å². The van der Waals surface area contributed by atoms with Crippen LogP contribution in [0.25, 0.3) is 11.4 Å². The number of hydrogen-bond acceptors (Lipinski definition) is 2. The zero-order valence-corrected chi connectivity index (χ0v) is 8.88. The minimum absolute atomic E-state index is 0.924. The van der Waals surface area contributed by atoms with Gasteiger partial charge < -0.3 is 0 Å². The van der Waals surface area contributed by atoms with Crippen molar-refractivity contribution in [3.8, 4) is 11.4 Å². The maximum absolute atomic E-state index is 4.29. The van der Waals surface area contributed by atoms with Crippen molar-refractivity contribution in [1.29, 1.82) is 0 Å². The van der Waals surface area contributed by atoms with E-state index < -0.39 is 0 Å². The molecule has 14 heavy (non-hydrogen) atoms. The summed E-state index contributed by atoms with van der Waals surface area (Å²) < 4.78 is 0. The van der Waals surface area contributed by atoms with E-state index in [0.29, 0.717) is 0 Å². The van der Waals surface area contributed by atoms with Gasteiger partial charge >= 0.3 is 0 Å². The van der Waals surface area contributed by atoms with Crippen molar-refractivity contribution in [2.75, 3.05) is 0 Å². The quantitative estimate of drug-likeness (QED) is 0.699. The van der Waals surface area contributed by atoms with Crippen molar-refractivity contribution < 1.29 is 0 Å². The Kier molecular flexibility index (Phi) is 2.85. The van der Waals surface area contributed by atoms with Crippen LogP contribution in [0, 0.1) is 0 Å². The van der Waals surface area contributed by atoms with Crippen LogP contribution in [-0.4, -0.2) is 9.97 Å². The van der Waals surface area contributed by atoms with E-state index in [2.05, 4.69) is 25.3 Å². The summed E-state index contributed by atoms with van der Waals surface area (Å²) in [6.07, 6.45) is 4.55. The van der Waals surface area contributed by atoms with Crippen LogP contribution in [0.1, 0.15) is 5.56 Å². The lowest BCUT2D eigenvalue weighted by Crippen LogP contribution is -1.87. The highest BCUT2D eigenvalue weighted by Gasteiger charge is 1.99. The molecule has 0 saturated heterocycles. The molecule has 0 N–H and O–H groups in total. The van der Waals surface area contributed by atoms with Crippen molar-refractivity contribution in [2.24, 2.45) is 0 Å². The minimum atomic E-state index is 0.924. The molecule has 0 aliphatic carbocycles. The van der Waals surface area contributed by atoms with Crippen molar-refractivity contribution in [3.05, 3.63) is 48.3 Å². The minimum Gasteiger partial charge on any atom is -0.255 e. The van der Waals surface area contributed by atoms with E-state index in [1.54, 1.807) is 6.20 Å². The first-order chi connectivity index (χ1) is 6.90. The molecule has 70 valence electrons. The molecule has 0 saturated carbocycles. The Morgan fingerprint density at radius 1 is 1.00 bits per heavy atom. The average molecular weight is 202 g/mol. The summed E-state index contributed by atoms with van der Waals surface area (Å²) in [5, 5.41) is 0. The van der Waals surface area contributed by atoms with E-state index in [1.165, 1.54) is 5.56 Å². The van der Waals surface area contributed by atoms with Crippen molar-refractivity contribution in [1.82, 2.24) is 9.97 Å². The highest BCUT2D eigenvalue weighted by molar-refractivity contribution is 7.15. The summed E-state index contributed by atoms with van der Waals surface area (Å²) in [5.74, 6) is 0. The molecular formula is C11H11N2P. The lowest BCUT2D eigenvalue weighted by Gasteiger charge is -2.01. The van der Waals surface area contributed by atoms with Crippen molar-refractivity contribution >= 4 is 9.24 Å². The molecule has 0 aliphatic heterocycles. The second-order valence-electron chi connectivity index (χ2n) is 2.97. The van der Waals surface area contributed by atoms with E-state index in [4.69, 9.17) is 0 Å². The third kappa shape index (κ3) is 1.97. The lowest BCUT2D eigenvalue weighted by molar-refractivity contribution is 1.22. The highest BCUT2D eigenvalue weighted by Crippen LogP contribution is 2.15. The molecule has 0 fully saturated rings. The summed E-state index contributed by atoms with van der Waals surface area (Å²) in [4.78, 5) is 8.54. The number of aromatic nitrogens is 2. The largest absolute Gasteiger partial charge is 0.255 e. The smallest absolute Gasteiger partial charge is 0.0888 e. The normalized spacial score (nSPS) is 10.1. The first kappa shape index (κ1) is 9.29. The molecule has 2 rings (SSSR count). The zero-order chi connectivity index (χ0) is 9.80. The molecule has 2 aromatic rings. The molecular weight excluding hydrogens is 191 g/mol. The fourth-order valence-corrected chi connectivity index (χ4v) is 1.51. The van der Waals surface area contributed by atoms with E-state index in [9.17, 15) is 0 Å². The van der Waals surface area contributed by atoms with Gasteiger partial charge in [0.1, 0.15) is 0 Å². The van der Waals surface area contributed by atoms with Gasteiger partial charge in [-0.15, -0.1) is 9.24 Å². The summed E-state index contributed by atoms with van der Waals surface area (Å²) in [6, 6.07) is 9.92. The second-order valence-corrected chi connectivity index (χ2v) is 3.38. The molecule has 2 nitrogen and oxygen atoms in total. The van der Waals surface area contributed by atoms with Gasteiger partial charge in [0.05, 0.1) is 11.4 Å². The SMILES string of the molecule is PCc1ccnc(-c2ccccn2)c1. The molecule has 0 aliphatic rings. The molecule has 1 unspecified atom stereocenters. The Bertz CT molecular complexity index is 415. The molecule has 1 atom stereocenters. The lowest BCUT2D eigenvalue weighted by atomic mass is 10.2. The summed E-state index contributed by atoms with van der Waals surface area (Å²) in [5.41, 5.74) is 3.11. The summed E-state index contributed by atoms with van der Waals surface area (Å²) in [7, 11) is 2.71. The standard InChI is InChI=1S/C11H11N2P/c14-8-9-4-6-13-11(7-9)10-3-1-2-5-12-10/h1-7H,8,14H2. The molecule has 0 radical (unpaired) electrons. The van der Waals surface area contributed by atoms with Gasteiger partial charge in [-0.2, -0.15) is 0 Å². The molecule has 0 spiro atoms. The van der Waals surface area contributed by atoms with Gasteiger partial charge in [0, 0.05) is 12.4 Å². The Hall–Kier alpha value is -1.27. The summed E-state index contributed by atoms with van der Waals surface area (Å²) in [6.45, 7) is 0. The molecule has 3 heteroatoms. The molecule has 0 amide bonds. The Labute approximate surface area is 85.6 Å². The van der Waals surface area contributed by atoms with Crippen LogP contribution < -0.4 is 0 Å². The van der Waals surface area contributed by atoms with Gasteiger partial charge in [-0.1, -0.05) is 6.07 Å². The van der Waals surface area contributed by atoms with Crippen molar-refractivity contribution in [2.45, 2.75) is 6.16 Å². The molecule has 0 aromatic carbocycles. The van der Waals surface area contributed by atoms with E-state index in [1.807, 2.05) is 30.5 Å². The topological polar surface area (TPSA) is 25.8 Å². The van der Waals surface area contributed by atoms with E-state index in [-0.39, 0.29) is 0 Å². The van der Waals surface area contributed by atoms with E-state index >= 15 is 0 Å². The molecule has 2 heterocycles. The first-order valence-corrected chi connectivity index (χ1v) is 5.28. The highest BCUT2D eigenvalue weighted by atomic mass is 31.0. The van der Waals surface area contributed by atoms with Crippen LogP contribution in [0.4, 0.5) is 0 Å². The zero-order valence-electron chi connectivity index (χ0n) is 7.72. The monoisotopic (exact) mass is 202 g/mol. The fourth-order valence-electron chi connectivity index (χ4n) is 1.26. The van der Waals surface area contributed by atoms with Crippen LogP contribution in [0.5, 0.6) is 0 Å². The number of nitrogens with zero attached hydrogens (tertiary/aromatic N) is 2. The van der Waals surface area contributed by atoms with Gasteiger partial charge in [0.25, 0.3) is 0 Å².